The van der Waals surface area contributed by atoms with Gasteiger partial charge in [-0.1, -0.05) is 180 Å². The zero-order chi connectivity index (χ0) is 48.6. The lowest BCUT2D eigenvalue weighted by Gasteiger charge is -2.29. The highest BCUT2D eigenvalue weighted by molar-refractivity contribution is 6.09. The molecule has 0 saturated carbocycles. The topological polar surface area (TPSA) is 33.5 Å². The molecular weight excluding hydrogens is 841 g/mol. The van der Waals surface area contributed by atoms with Crippen LogP contribution in [-0.2, 0) is 21.7 Å². The zero-order valence-electron chi connectivity index (χ0n) is 42.6. The number of ether oxygens (including phenoxy) is 1. The van der Waals surface area contributed by atoms with Crippen molar-refractivity contribution in [1.82, 2.24) is 9.55 Å². The van der Waals surface area contributed by atoms with Gasteiger partial charge < -0.3 is 14.5 Å². The molecule has 0 fully saturated rings. The smallest absolute Gasteiger partial charge is 0.137 e. The molecule has 0 N–H and O–H groups in total. The molecule has 0 unspecified atom stereocenters. The summed E-state index contributed by atoms with van der Waals surface area (Å²) < 4.78 is 9.31. The minimum absolute atomic E-state index is 0.0181. The first-order valence-corrected chi connectivity index (χ1v) is 24.5. The lowest BCUT2D eigenvalue weighted by atomic mass is 9.85. The van der Waals surface area contributed by atoms with Crippen LogP contribution in [-0.4, -0.2) is 16.2 Å². The predicted octanol–water partition coefficient (Wildman–Crippen LogP) is 17.7. The van der Waals surface area contributed by atoms with Crippen LogP contribution in [0.2, 0.25) is 0 Å². The first-order chi connectivity index (χ1) is 32.7. The van der Waals surface area contributed by atoms with E-state index in [2.05, 4.69) is 261 Å². The maximum Gasteiger partial charge on any atom is 0.137 e. The molecule has 0 spiro atoms. The molecule has 0 aliphatic carbocycles. The van der Waals surface area contributed by atoms with Gasteiger partial charge in [0.1, 0.15) is 24.0 Å². The van der Waals surface area contributed by atoms with Crippen LogP contribution >= 0.6 is 0 Å². The van der Waals surface area contributed by atoms with Gasteiger partial charge >= 0.3 is 0 Å². The molecule has 5 heteroatoms. The number of hydrogen-bond donors (Lipinski definition) is 0. The number of aromatic nitrogens is 2. The van der Waals surface area contributed by atoms with Gasteiger partial charge in [0.05, 0.1) is 28.1 Å². The molecule has 348 valence electrons. The van der Waals surface area contributed by atoms with Crippen LogP contribution in [0.3, 0.4) is 0 Å². The summed E-state index contributed by atoms with van der Waals surface area (Å²) in [4.78, 5) is 9.91. The molecule has 9 aromatic rings. The molecule has 0 bridgehead atoms. The summed E-state index contributed by atoms with van der Waals surface area (Å²) in [6.45, 7) is 27.9. The van der Waals surface area contributed by atoms with Crippen LogP contribution in [0.5, 0.6) is 11.5 Å². The van der Waals surface area contributed by atoms with E-state index in [1.165, 1.54) is 55.6 Å². The summed E-state index contributed by atoms with van der Waals surface area (Å²) in [5.41, 5.74) is 16.6. The Balaban J connectivity index is 1.09. The first kappa shape index (κ1) is 45.7. The Kier molecular flexibility index (Phi) is 11.1. The number of rotatable bonds is 7. The highest BCUT2D eigenvalue weighted by Crippen LogP contribution is 2.51. The number of para-hydroxylation sites is 4. The van der Waals surface area contributed by atoms with Gasteiger partial charge in [0, 0.05) is 45.9 Å². The van der Waals surface area contributed by atoms with E-state index in [9.17, 15) is 0 Å². The Morgan fingerprint density at radius 1 is 0.420 bits per heavy atom. The molecule has 7 aromatic carbocycles. The molecule has 10 rings (SSSR count). The summed E-state index contributed by atoms with van der Waals surface area (Å²) in [6, 6.07) is 60.3. The Morgan fingerprint density at radius 3 is 1.57 bits per heavy atom. The van der Waals surface area contributed by atoms with Gasteiger partial charge in [-0.25, -0.2) is 4.98 Å². The fourth-order valence-electron chi connectivity index (χ4n) is 9.86. The fourth-order valence-corrected chi connectivity index (χ4v) is 9.86. The summed E-state index contributed by atoms with van der Waals surface area (Å²) in [7, 11) is 0. The molecule has 0 saturated heterocycles. The Morgan fingerprint density at radius 2 is 0.971 bits per heavy atom. The fraction of sp³-hybridized carbons (Fsp3) is 0.266. The molecule has 0 atom stereocenters. The SMILES string of the molecule is CC(C)(C)c1ccc(-c2cccc(-c3ccc(C(C)(C)C)cc3)c2N2CN(c3cc(Oc4ccc5c6ccccc6n(-c6cc(C(C)(C)C)ccn6)c5c4)cc(C(C)(C)C)c3)c3ccccc32)cc1. The minimum atomic E-state index is -0.147. The summed E-state index contributed by atoms with van der Waals surface area (Å²) in [6.07, 6.45) is 1.93. The lowest BCUT2D eigenvalue weighted by Crippen LogP contribution is -2.25. The van der Waals surface area contributed by atoms with Gasteiger partial charge in [-0.15, -0.1) is 0 Å². The third-order valence-corrected chi connectivity index (χ3v) is 14.0. The van der Waals surface area contributed by atoms with Gasteiger partial charge in [0.15, 0.2) is 0 Å². The number of anilines is 4. The van der Waals surface area contributed by atoms with Crippen molar-refractivity contribution in [1.29, 1.82) is 0 Å². The standard InChI is InChI=1S/C64H66N4O/c1-61(2,3)44-28-24-42(25-29-44)51-19-17-20-52(43-26-30-45(31-27-43)62(4,5)6)60(51)67-41-66(56-22-15-16-23-57(56)67)48-36-47(64(10,11)12)37-50(39-48)69-49-32-33-54-53-18-13-14-21-55(53)68(58(54)40-49)59-38-46(34-35-65-59)63(7,8)9/h13-40H,41H2,1-12H3. The molecule has 2 aromatic heterocycles. The maximum absolute atomic E-state index is 7.03. The molecular formula is C64H66N4O. The molecule has 1 aliphatic heterocycles. The minimum Gasteiger partial charge on any atom is -0.457 e. The van der Waals surface area contributed by atoms with Crippen molar-refractivity contribution in [3.05, 3.63) is 192 Å². The predicted molar refractivity (Wildman–Crippen MR) is 293 cm³/mol. The van der Waals surface area contributed by atoms with Crippen LogP contribution in [0.15, 0.2) is 170 Å². The largest absolute Gasteiger partial charge is 0.457 e. The monoisotopic (exact) mass is 907 g/mol. The second-order valence-corrected chi connectivity index (χ2v) is 23.1. The highest BCUT2D eigenvalue weighted by atomic mass is 16.5. The average molecular weight is 907 g/mol. The van der Waals surface area contributed by atoms with Crippen molar-refractivity contribution in [3.8, 4) is 39.6 Å². The third kappa shape index (κ3) is 8.69. The van der Waals surface area contributed by atoms with E-state index in [4.69, 9.17) is 9.72 Å². The molecule has 0 amide bonds. The van der Waals surface area contributed by atoms with Gasteiger partial charge in [0.2, 0.25) is 0 Å². The van der Waals surface area contributed by atoms with Crippen molar-refractivity contribution in [2.45, 2.75) is 105 Å². The number of hydrogen-bond acceptors (Lipinski definition) is 4. The van der Waals surface area contributed by atoms with Crippen molar-refractivity contribution in [3.63, 3.8) is 0 Å². The Labute approximate surface area is 410 Å². The third-order valence-electron chi connectivity index (χ3n) is 14.0. The van der Waals surface area contributed by atoms with Gasteiger partial charge in [-0.2, -0.15) is 0 Å². The van der Waals surface area contributed by atoms with E-state index >= 15 is 0 Å². The van der Waals surface area contributed by atoms with Crippen LogP contribution in [0.1, 0.15) is 105 Å². The molecule has 5 nitrogen and oxygen atoms in total. The second-order valence-electron chi connectivity index (χ2n) is 23.1. The summed E-state index contributed by atoms with van der Waals surface area (Å²) in [5.74, 6) is 2.46. The zero-order valence-corrected chi connectivity index (χ0v) is 42.6. The van der Waals surface area contributed by atoms with Gasteiger partial charge in [0.25, 0.3) is 0 Å². The second kappa shape index (κ2) is 16.8. The number of fused-ring (bicyclic) bond motifs is 4. The van der Waals surface area contributed by atoms with E-state index in [1.54, 1.807) is 0 Å². The number of pyridine rings is 1. The van der Waals surface area contributed by atoms with E-state index in [0.29, 0.717) is 6.67 Å². The quantitative estimate of drug-likeness (QED) is 0.160. The summed E-state index contributed by atoms with van der Waals surface area (Å²) in [5, 5.41) is 2.35. The molecule has 1 aliphatic rings. The van der Waals surface area contributed by atoms with E-state index in [0.717, 1.165) is 50.8 Å². The molecule has 3 heterocycles. The van der Waals surface area contributed by atoms with Crippen LogP contribution < -0.4 is 14.5 Å². The van der Waals surface area contributed by atoms with E-state index in [-0.39, 0.29) is 21.7 Å². The first-order valence-electron chi connectivity index (χ1n) is 24.5. The van der Waals surface area contributed by atoms with Crippen molar-refractivity contribution < 1.29 is 4.74 Å². The van der Waals surface area contributed by atoms with Crippen LogP contribution in [0.4, 0.5) is 22.7 Å². The van der Waals surface area contributed by atoms with Gasteiger partial charge in [-0.05, 0) is 110 Å². The van der Waals surface area contributed by atoms with Crippen molar-refractivity contribution in [2.75, 3.05) is 16.5 Å². The van der Waals surface area contributed by atoms with E-state index < -0.39 is 0 Å². The highest BCUT2D eigenvalue weighted by Gasteiger charge is 2.33. The van der Waals surface area contributed by atoms with Crippen molar-refractivity contribution >= 4 is 44.6 Å². The van der Waals surface area contributed by atoms with Crippen molar-refractivity contribution in [2.24, 2.45) is 0 Å². The Bertz CT molecular complexity index is 3290. The van der Waals surface area contributed by atoms with E-state index in [1.807, 2.05) is 6.20 Å². The maximum atomic E-state index is 7.03. The average Bonchev–Trinajstić information content (AvgIpc) is 3.86. The normalized spacial score (nSPS) is 13.4. The van der Waals surface area contributed by atoms with Crippen LogP contribution in [0, 0.1) is 0 Å². The number of benzene rings is 7. The molecule has 69 heavy (non-hydrogen) atoms. The lowest BCUT2D eigenvalue weighted by molar-refractivity contribution is 0.479. The van der Waals surface area contributed by atoms with Gasteiger partial charge in [-0.3, -0.25) is 4.57 Å². The Hall–Kier alpha value is -7.11. The molecule has 0 radical (unpaired) electrons. The van der Waals surface area contributed by atoms with Crippen LogP contribution in [0.25, 0.3) is 49.9 Å². The number of nitrogens with zero attached hydrogens (tertiary/aromatic N) is 4. The summed E-state index contributed by atoms with van der Waals surface area (Å²) >= 11 is 0.